The molecule has 4 atom stereocenters. The van der Waals surface area contributed by atoms with E-state index in [1.165, 1.54) is 19.2 Å². The van der Waals surface area contributed by atoms with Gasteiger partial charge in [0.25, 0.3) is 0 Å². The first-order valence-corrected chi connectivity index (χ1v) is 11.5. The van der Waals surface area contributed by atoms with Crippen LogP contribution in [0.15, 0.2) is 63.8 Å². The monoisotopic (exact) mass is 511 g/mol. The summed E-state index contributed by atoms with van der Waals surface area (Å²) in [5, 5.41) is 2.94. The van der Waals surface area contributed by atoms with Gasteiger partial charge in [0, 0.05) is 18.6 Å². The molecule has 0 radical (unpaired) electrons. The molecule has 11 nitrogen and oxygen atoms in total. The molecule has 37 heavy (non-hydrogen) atoms. The third-order valence-electron chi connectivity index (χ3n) is 6.12. The zero-order chi connectivity index (χ0) is 26.2. The molecule has 5 rings (SSSR count). The van der Waals surface area contributed by atoms with Crippen LogP contribution in [0.4, 0.5) is 15.3 Å². The van der Waals surface area contributed by atoms with Crippen LogP contribution in [0.1, 0.15) is 19.4 Å². The summed E-state index contributed by atoms with van der Waals surface area (Å²) in [5.74, 6) is 0.303. The van der Waals surface area contributed by atoms with Crippen molar-refractivity contribution >= 4 is 28.9 Å². The van der Waals surface area contributed by atoms with Gasteiger partial charge in [-0.3, -0.25) is 5.32 Å². The molecule has 1 amide bonds. The standard InChI is InChI=1S/C26H25NO10/c1-26(2)21(31-3)19-20(36-25(30)35-19)23(37-26)33-16-10-9-15-11-17(22(28)34-18(15)12-16)27-24(29)32-13-14-7-5-4-6-8-14/h4-12,19-21,23H,13H2,1-3H3,(H,27,29)/t19-,20+,21?,23?/m1/s1. The molecule has 3 heterocycles. The van der Waals surface area contributed by atoms with E-state index in [1.54, 1.807) is 26.0 Å². The van der Waals surface area contributed by atoms with Crippen LogP contribution >= 0.6 is 0 Å². The summed E-state index contributed by atoms with van der Waals surface area (Å²) in [6.45, 7) is 3.64. The maximum absolute atomic E-state index is 12.5. The van der Waals surface area contributed by atoms with Crippen LogP contribution in [0, 0.1) is 0 Å². The fourth-order valence-corrected chi connectivity index (χ4v) is 4.42. The van der Waals surface area contributed by atoms with Crippen LogP contribution in [-0.2, 0) is 30.3 Å². The van der Waals surface area contributed by atoms with E-state index < -0.39 is 48.1 Å². The Bertz CT molecular complexity index is 1370. The largest absolute Gasteiger partial charge is 0.509 e. The van der Waals surface area contributed by atoms with Gasteiger partial charge in [0.05, 0.1) is 5.60 Å². The second-order valence-electron chi connectivity index (χ2n) is 9.11. The fourth-order valence-electron chi connectivity index (χ4n) is 4.42. The van der Waals surface area contributed by atoms with Crippen LogP contribution in [0.2, 0.25) is 0 Å². The molecule has 2 aromatic carbocycles. The number of hydrogen-bond donors (Lipinski definition) is 1. The van der Waals surface area contributed by atoms with Crippen molar-refractivity contribution in [1.82, 2.24) is 0 Å². The zero-order valence-corrected chi connectivity index (χ0v) is 20.3. The van der Waals surface area contributed by atoms with Crippen molar-refractivity contribution in [2.24, 2.45) is 0 Å². The van der Waals surface area contributed by atoms with Gasteiger partial charge in [-0.25, -0.2) is 14.4 Å². The van der Waals surface area contributed by atoms with Crippen molar-refractivity contribution in [3.63, 3.8) is 0 Å². The number of carbonyl (C=O) groups excluding carboxylic acids is 2. The van der Waals surface area contributed by atoms with Crippen LogP contribution in [0.25, 0.3) is 11.0 Å². The lowest BCUT2D eigenvalue weighted by molar-refractivity contribution is -0.282. The van der Waals surface area contributed by atoms with Gasteiger partial charge in [0.15, 0.2) is 6.10 Å². The summed E-state index contributed by atoms with van der Waals surface area (Å²) in [4.78, 5) is 36.5. The molecule has 0 saturated carbocycles. The molecule has 0 bridgehead atoms. The molecule has 2 unspecified atom stereocenters. The van der Waals surface area contributed by atoms with E-state index in [0.29, 0.717) is 11.1 Å². The van der Waals surface area contributed by atoms with Gasteiger partial charge in [-0.05, 0) is 37.6 Å². The second kappa shape index (κ2) is 9.75. The Balaban J connectivity index is 1.30. The third kappa shape index (κ3) is 5.09. The summed E-state index contributed by atoms with van der Waals surface area (Å²) >= 11 is 0. The maximum Gasteiger partial charge on any atom is 0.509 e. The predicted molar refractivity (Wildman–Crippen MR) is 128 cm³/mol. The molecule has 0 spiro atoms. The van der Waals surface area contributed by atoms with Crippen LogP contribution < -0.4 is 15.7 Å². The smallest absolute Gasteiger partial charge is 0.461 e. The maximum atomic E-state index is 12.5. The number of hydrogen-bond acceptors (Lipinski definition) is 10. The lowest BCUT2D eigenvalue weighted by Crippen LogP contribution is -2.62. The Hall–Kier alpha value is -4.09. The first-order valence-electron chi connectivity index (χ1n) is 11.5. The first-order chi connectivity index (χ1) is 17.7. The van der Waals surface area contributed by atoms with Crippen molar-refractivity contribution in [3.8, 4) is 5.75 Å². The average Bonchev–Trinajstić information content (AvgIpc) is 3.25. The summed E-state index contributed by atoms with van der Waals surface area (Å²) in [6, 6.07) is 15.4. The minimum Gasteiger partial charge on any atom is -0.461 e. The lowest BCUT2D eigenvalue weighted by atomic mass is 9.89. The first kappa shape index (κ1) is 24.6. The molecule has 2 saturated heterocycles. The Morgan fingerprint density at radius 2 is 1.78 bits per heavy atom. The number of nitrogens with one attached hydrogen (secondary N) is 1. The Labute approximate surface area is 211 Å². The molecule has 2 fully saturated rings. The number of fused-ring (bicyclic) bond motifs is 2. The van der Waals surface area contributed by atoms with E-state index in [4.69, 9.17) is 32.8 Å². The molecular weight excluding hydrogens is 486 g/mol. The quantitative estimate of drug-likeness (QED) is 0.383. The van der Waals surface area contributed by atoms with E-state index in [-0.39, 0.29) is 17.9 Å². The van der Waals surface area contributed by atoms with Crippen molar-refractivity contribution in [2.75, 3.05) is 12.4 Å². The minimum atomic E-state index is -0.998. The lowest BCUT2D eigenvalue weighted by Gasteiger charge is -2.45. The van der Waals surface area contributed by atoms with Crippen LogP contribution in [0.5, 0.6) is 5.75 Å². The van der Waals surface area contributed by atoms with Crippen molar-refractivity contribution in [2.45, 2.75) is 50.7 Å². The molecule has 2 aliphatic heterocycles. The SMILES string of the molecule is COC1[C@@H]2OC(=O)O[C@@H]2C(Oc2ccc3cc(NC(=O)OCc4ccccc4)c(=O)oc3c2)OC1(C)C. The highest BCUT2D eigenvalue weighted by atomic mass is 16.8. The van der Waals surface area contributed by atoms with E-state index in [0.717, 1.165) is 5.56 Å². The molecule has 194 valence electrons. The molecule has 1 aromatic heterocycles. The van der Waals surface area contributed by atoms with Gasteiger partial charge in [-0.1, -0.05) is 30.3 Å². The zero-order valence-electron chi connectivity index (χ0n) is 20.3. The highest BCUT2D eigenvalue weighted by Gasteiger charge is 2.58. The number of carbonyl (C=O) groups is 2. The van der Waals surface area contributed by atoms with Gasteiger partial charge in [0.1, 0.15) is 29.7 Å². The highest BCUT2D eigenvalue weighted by molar-refractivity contribution is 5.88. The van der Waals surface area contributed by atoms with Gasteiger partial charge in [-0.15, -0.1) is 0 Å². The van der Waals surface area contributed by atoms with Crippen molar-refractivity contribution in [1.29, 1.82) is 0 Å². The number of benzene rings is 2. The number of anilines is 1. The van der Waals surface area contributed by atoms with E-state index in [9.17, 15) is 14.4 Å². The molecule has 11 heteroatoms. The summed E-state index contributed by atoms with van der Waals surface area (Å²) < 4.78 is 38.6. The number of amides is 1. The summed E-state index contributed by atoms with van der Waals surface area (Å²) in [6.07, 6.45) is -4.77. The third-order valence-corrected chi connectivity index (χ3v) is 6.12. The average molecular weight is 511 g/mol. The van der Waals surface area contributed by atoms with E-state index >= 15 is 0 Å². The summed E-state index contributed by atoms with van der Waals surface area (Å²) in [5.41, 5.74) is -0.665. The normalized spacial score (nSPS) is 24.0. The molecule has 1 N–H and O–H groups in total. The van der Waals surface area contributed by atoms with Gasteiger partial charge in [-0.2, -0.15) is 0 Å². The van der Waals surface area contributed by atoms with Crippen molar-refractivity contribution < 1.29 is 42.4 Å². The van der Waals surface area contributed by atoms with Gasteiger partial charge >= 0.3 is 17.9 Å². The molecule has 0 aliphatic carbocycles. The predicted octanol–water partition coefficient (Wildman–Crippen LogP) is 3.97. The van der Waals surface area contributed by atoms with Gasteiger partial charge < -0.3 is 32.8 Å². The Morgan fingerprint density at radius 3 is 2.54 bits per heavy atom. The molecule has 3 aromatic rings. The fraction of sp³-hybridized carbons (Fsp3) is 0.346. The Morgan fingerprint density at radius 1 is 1.03 bits per heavy atom. The van der Waals surface area contributed by atoms with E-state index in [1.807, 2.05) is 30.3 Å². The second-order valence-corrected chi connectivity index (χ2v) is 9.11. The number of ether oxygens (including phenoxy) is 6. The minimum absolute atomic E-state index is 0.0552. The van der Waals surface area contributed by atoms with Crippen molar-refractivity contribution in [3.05, 3.63) is 70.6 Å². The van der Waals surface area contributed by atoms with Gasteiger partial charge in [0.2, 0.25) is 12.4 Å². The number of rotatable bonds is 6. The van der Waals surface area contributed by atoms with E-state index in [2.05, 4.69) is 5.32 Å². The number of methoxy groups -OCH3 is 1. The topological polar surface area (TPSA) is 132 Å². The highest BCUT2D eigenvalue weighted by Crippen LogP contribution is 2.38. The summed E-state index contributed by atoms with van der Waals surface area (Å²) in [7, 11) is 1.50. The molecule has 2 aliphatic rings. The van der Waals surface area contributed by atoms with Crippen LogP contribution in [0.3, 0.4) is 0 Å². The molecular formula is C26H25NO10. The van der Waals surface area contributed by atoms with Crippen LogP contribution in [-0.4, -0.2) is 49.6 Å². The Kier molecular flexibility index (Phi) is 6.48.